The zero-order chi connectivity index (χ0) is 20.8. The number of nitrogens with zero attached hydrogens (tertiary/aromatic N) is 2. The van der Waals surface area contributed by atoms with Crippen LogP contribution in [0.5, 0.6) is 5.75 Å². The molecule has 0 aliphatic carbocycles. The predicted molar refractivity (Wildman–Crippen MR) is 109 cm³/mol. The average molecular weight is 394 g/mol. The van der Waals surface area contributed by atoms with Crippen LogP contribution in [0, 0.1) is 11.3 Å². The first-order valence-electron chi connectivity index (χ1n) is 10.1. The Bertz CT molecular complexity index is 871. The van der Waals surface area contributed by atoms with E-state index in [0.717, 1.165) is 41.9 Å². The van der Waals surface area contributed by atoms with Crippen molar-refractivity contribution in [3.05, 3.63) is 46.5 Å². The fourth-order valence-corrected chi connectivity index (χ4v) is 3.45. The Morgan fingerprint density at radius 3 is 2.66 bits per heavy atom. The maximum Gasteiger partial charge on any atom is 0.271 e. The van der Waals surface area contributed by atoms with Gasteiger partial charge in [0.25, 0.3) is 11.8 Å². The fraction of sp³-hybridized carbons (Fsp3) is 0.435. The summed E-state index contributed by atoms with van der Waals surface area (Å²) in [6.45, 7) is 5.24. The highest BCUT2D eigenvalue weighted by molar-refractivity contribution is 6.19. The van der Waals surface area contributed by atoms with Gasteiger partial charge in [0, 0.05) is 12.2 Å². The van der Waals surface area contributed by atoms with Gasteiger partial charge in [-0.15, -0.1) is 0 Å². The number of unbranched alkanes of at least 4 members (excludes halogenated alkanes) is 1. The molecule has 6 heteroatoms. The van der Waals surface area contributed by atoms with E-state index in [1.54, 1.807) is 13.0 Å². The largest absolute Gasteiger partial charge is 0.494 e. The number of carbonyl (C=O) groups is 2. The topological polar surface area (TPSA) is 79.6 Å². The summed E-state index contributed by atoms with van der Waals surface area (Å²) in [5.41, 5.74) is 1.58. The van der Waals surface area contributed by atoms with E-state index in [1.165, 1.54) is 0 Å². The van der Waals surface area contributed by atoms with Crippen molar-refractivity contribution in [2.45, 2.75) is 45.6 Å². The van der Waals surface area contributed by atoms with E-state index in [-0.39, 0.29) is 24.1 Å². The molecule has 0 radical (unpaired) electrons. The van der Waals surface area contributed by atoms with E-state index >= 15 is 0 Å². The van der Waals surface area contributed by atoms with Gasteiger partial charge in [0.1, 0.15) is 17.4 Å². The third-order valence-electron chi connectivity index (χ3n) is 5.19. The van der Waals surface area contributed by atoms with E-state index in [4.69, 9.17) is 9.47 Å². The molecule has 0 spiro atoms. The van der Waals surface area contributed by atoms with Crippen molar-refractivity contribution in [2.75, 3.05) is 19.8 Å². The quantitative estimate of drug-likeness (QED) is 0.401. The summed E-state index contributed by atoms with van der Waals surface area (Å²) in [4.78, 5) is 26.9. The van der Waals surface area contributed by atoms with Crippen molar-refractivity contribution in [1.82, 2.24) is 4.90 Å². The summed E-state index contributed by atoms with van der Waals surface area (Å²) < 4.78 is 11.2. The third-order valence-corrected chi connectivity index (χ3v) is 5.19. The van der Waals surface area contributed by atoms with Crippen LogP contribution in [-0.4, -0.2) is 42.6 Å². The van der Waals surface area contributed by atoms with Crippen LogP contribution >= 0.6 is 0 Å². The summed E-state index contributed by atoms with van der Waals surface area (Å²) in [6.07, 6.45) is 5.34. The molecule has 3 rings (SSSR count). The van der Waals surface area contributed by atoms with Crippen molar-refractivity contribution < 1.29 is 19.1 Å². The standard InChI is InChI=1S/C23H26N2O4/c1-3-4-11-28-18-9-7-17(8-10-18)13-20-16(2)21(14-24)23(27)25(22(20)26)15-19-6-5-12-29-19/h7-10,13,19H,3-6,11-12,15H2,1-2H3/b20-13+. The van der Waals surface area contributed by atoms with Crippen molar-refractivity contribution in [3.63, 3.8) is 0 Å². The molecule has 1 unspecified atom stereocenters. The highest BCUT2D eigenvalue weighted by Crippen LogP contribution is 2.28. The van der Waals surface area contributed by atoms with Crippen molar-refractivity contribution in [3.8, 4) is 11.8 Å². The second kappa shape index (κ2) is 9.53. The number of rotatable bonds is 7. The van der Waals surface area contributed by atoms with Gasteiger partial charge >= 0.3 is 0 Å². The lowest BCUT2D eigenvalue weighted by Gasteiger charge is -2.29. The molecular formula is C23H26N2O4. The summed E-state index contributed by atoms with van der Waals surface area (Å²) in [5, 5.41) is 9.48. The minimum absolute atomic E-state index is 0.00775. The Hall–Kier alpha value is -2.91. The third kappa shape index (κ3) is 4.75. The number of nitriles is 1. The molecule has 152 valence electrons. The predicted octanol–water partition coefficient (Wildman–Crippen LogP) is 3.64. The summed E-state index contributed by atoms with van der Waals surface area (Å²) in [5.74, 6) is -0.150. The highest BCUT2D eigenvalue weighted by atomic mass is 16.5. The molecule has 1 aromatic carbocycles. The van der Waals surface area contributed by atoms with E-state index in [1.807, 2.05) is 30.3 Å². The number of benzene rings is 1. The molecule has 0 bridgehead atoms. The molecule has 1 aromatic rings. The smallest absolute Gasteiger partial charge is 0.271 e. The lowest BCUT2D eigenvalue weighted by molar-refractivity contribution is -0.142. The number of imide groups is 1. The van der Waals surface area contributed by atoms with E-state index in [0.29, 0.717) is 24.4 Å². The molecule has 1 fully saturated rings. The number of amides is 2. The van der Waals surface area contributed by atoms with Crippen LogP contribution in [0.15, 0.2) is 41.0 Å². The molecule has 2 aliphatic heterocycles. The molecule has 0 aromatic heterocycles. The van der Waals surface area contributed by atoms with Gasteiger partial charge in [-0.2, -0.15) is 5.26 Å². The van der Waals surface area contributed by atoms with Gasteiger partial charge in [-0.25, -0.2) is 0 Å². The minimum Gasteiger partial charge on any atom is -0.494 e. The maximum absolute atomic E-state index is 13.1. The number of ether oxygens (including phenoxy) is 2. The molecule has 2 aliphatic rings. The lowest BCUT2D eigenvalue weighted by atomic mass is 9.93. The van der Waals surface area contributed by atoms with Crippen LogP contribution in [0.4, 0.5) is 0 Å². The van der Waals surface area contributed by atoms with E-state index < -0.39 is 5.91 Å². The molecule has 2 heterocycles. The molecule has 0 saturated carbocycles. The molecule has 1 saturated heterocycles. The summed E-state index contributed by atoms with van der Waals surface area (Å²) >= 11 is 0. The minimum atomic E-state index is -0.540. The molecule has 1 atom stereocenters. The normalized spacial score (nSPS) is 21.1. The monoisotopic (exact) mass is 394 g/mol. The molecule has 2 amide bonds. The zero-order valence-electron chi connectivity index (χ0n) is 16.9. The van der Waals surface area contributed by atoms with Gasteiger partial charge in [-0.3, -0.25) is 14.5 Å². The van der Waals surface area contributed by atoms with Crippen LogP contribution in [0.3, 0.4) is 0 Å². The second-order valence-electron chi connectivity index (χ2n) is 7.30. The van der Waals surface area contributed by atoms with Crippen LogP contribution in [0.25, 0.3) is 6.08 Å². The number of carbonyl (C=O) groups excluding carboxylic acids is 2. The first-order valence-corrected chi connectivity index (χ1v) is 10.1. The van der Waals surface area contributed by atoms with E-state index in [9.17, 15) is 14.9 Å². The van der Waals surface area contributed by atoms with Crippen LogP contribution < -0.4 is 4.74 Å². The first-order chi connectivity index (χ1) is 14.0. The van der Waals surface area contributed by atoms with Crippen LogP contribution in [0.2, 0.25) is 0 Å². The fourth-order valence-electron chi connectivity index (χ4n) is 3.45. The zero-order valence-corrected chi connectivity index (χ0v) is 16.9. The van der Waals surface area contributed by atoms with Crippen LogP contribution in [0.1, 0.15) is 45.1 Å². The van der Waals surface area contributed by atoms with Gasteiger partial charge in [0.2, 0.25) is 0 Å². The highest BCUT2D eigenvalue weighted by Gasteiger charge is 2.37. The van der Waals surface area contributed by atoms with Gasteiger partial charge in [0.05, 0.1) is 19.3 Å². The number of hydrogen-bond acceptors (Lipinski definition) is 5. The van der Waals surface area contributed by atoms with Crippen molar-refractivity contribution in [1.29, 1.82) is 5.26 Å². The SMILES string of the molecule is CCCCOc1ccc(/C=C2/C(=O)N(CC3CCCO3)C(=O)C(C#N)=C2C)cc1. The summed E-state index contributed by atoms with van der Waals surface area (Å²) in [7, 11) is 0. The van der Waals surface area contributed by atoms with Gasteiger partial charge < -0.3 is 9.47 Å². The summed E-state index contributed by atoms with van der Waals surface area (Å²) in [6, 6.07) is 9.40. The Morgan fingerprint density at radius 2 is 2.03 bits per heavy atom. The molecular weight excluding hydrogens is 368 g/mol. The lowest BCUT2D eigenvalue weighted by Crippen LogP contribution is -2.46. The maximum atomic E-state index is 13.1. The average Bonchev–Trinajstić information content (AvgIpc) is 3.24. The Kier molecular flexibility index (Phi) is 6.84. The van der Waals surface area contributed by atoms with Gasteiger partial charge in [0.15, 0.2) is 0 Å². The van der Waals surface area contributed by atoms with Gasteiger partial charge in [-0.05, 0) is 55.5 Å². The van der Waals surface area contributed by atoms with Crippen LogP contribution in [-0.2, 0) is 14.3 Å². The molecule has 0 N–H and O–H groups in total. The number of hydrogen-bond donors (Lipinski definition) is 0. The van der Waals surface area contributed by atoms with Crippen molar-refractivity contribution >= 4 is 17.9 Å². The van der Waals surface area contributed by atoms with E-state index in [2.05, 4.69) is 6.92 Å². The molecule has 29 heavy (non-hydrogen) atoms. The van der Waals surface area contributed by atoms with Crippen molar-refractivity contribution in [2.24, 2.45) is 0 Å². The van der Waals surface area contributed by atoms with Gasteiger partial charge in [-0.1, -0.05) is 25.5 Å². The molecule has 6 nitrogen and oxygen atoms in total. The Morgan fingerprint density at radius 1 is 1.28 bits per heavy atom. The first kappa shape index (κ1) is 20.8. The Balaban J connectivity index is 1.85. The second-order valence-corrected chi connectivity index (χ2v) is 7.30. The Labute approximate surface area is 171 Å².